The van der Waals surface area contributed by atoms with Crippen LogP contribution in [-0.4, -0.2) is 68.1 Å². The molecule has 7 heteroatoms. The highest BCUT2D eigenvalue weighted by atomic mass is 127. The zero-order valence-electron chi connectivity index (χ0n) is 17.7. The minimum absolute atomic E-state index is 0. The highest BCUT2D eigenvalue weighted by Crippen LogP contribution is 2.26. The van der Waals surface area contributed by atoms with Crippen molar-refractivity contribution in [1.29, 1.82) is 0 Å². The van der Waals surface area contributed by atoms with Gasteiger partial charge in [0.05, 0.1) is 6.04 Å². The molecular formula is C21H38IN5O. The van der Waals surface area contributed by atoms with Crippen molar-refractivity contribution in [2.75, 3.05) is 46.3 Å². The lowest BCUT2D eigenvalue weighted by atomic mass is 10.1. The van der Waals surface area contributed by atoms with Crippen molar-refractivity contribution in [1.82, 2.24) is 20.4 Å². The van der Waals surface area contributed by atoms with E-state index in [-0.39, 0.29) is 30.0 Å². The molecule has 2 N–H and O–H groups in total. The first-order valence-corrected chi connectivity index (χ1v) is 10.7. The molecule has 2 aliphatic heterocycles. The molecule has 0 aromatic carbocycles. The van der Waals surface area contributed by atoms with Crippen molar-refractivity contribution < 1.29 is 4.42 Å². The van der Waals surface area contributed by atoms with E-state index in [1.165, 1.54) is 51.7 Å². The van der Waals surface area contributed by atoms with E-state index < -0.39 is 0 Å². The summed E-state index contributed by atoms with van der Waals surface area (Å²) in [5, 5.41) is 7.20. The van der Waals surface area contributed by atoms with Gasteiger partial charge in [-0.3, -0.25) is 9.89 Å². The molecule has 0 saturated carbocycles. The van der Waals surface area contributed by atoms with Crippen molar-refractivity contribution in [3.63, 3.8) is 0 Å². The van der Waals surface area contributed by atoms with Gasteiger partial charge in [0.1, 0.15) is 11.5 Å². The van der Waals surface area contributed by atoms with Crippen LogP contribution in [0.5, 0.6) is 0 Å². The first kappa shape index (κ1) is 23.5. The number of nitrogens with zero attached hydrogens (tertiary/aromatic N) is 3. The lowest BCUT2D eigenvalue weighted by Gasteiger charge is -2.33. The van der Waals surface area contributed by atoms with Crippen LogP contribution in [0.3, 0.4) is 0 Å². The fraction of sp³-hybridized carbons (Fsp3) is 0.762. The van der Waals surface area contributed by atoms with Crippen molar-refractivity contribution in [2.45, 2.75) is 58.0 Å². The van der Waals surface area contributed by atoms with Gasteiger partial charge in [-0.15, -0.1) is 24.0 Å². The van der Waals surface area contributed by atoms with Gasteiger partial charge >= 0.3 is 0 Å². The molecule has 2 fully saturated rings. The molecule has 0 radical (unpaired) electrons. The summed E-state index contributed by atoms with van der Waals surface area (Å²) in [6.45, 7) is 11.0. The number of likely N-dealkylation sites (tertiary alicyclic amines) is 2. The maximum absolute atomic E-state index is 5.96. The van der Waals surface area contributed by atoms with Gasteiger partial charge in [-0.2, -0.15) is 0 Å². The monoisotopic (exact) mass is 503 g/mol. The third-order valence-corrected chi connectivity index (χ3v) is 5.83. The largest absolute Gasteiger partial charge is 0.465 e. The first-order chi connectivity index (χ1) is 13.2. The zero-order valence-corrected chi connectivity index (χ0v) is 20.1. The molecule has 160 valence electrons. The van der Waals surface area contributed by atoms with Gasteiger partial charge in [-0.1, -0.05) is 6.92 Å². The molecule has 28 heavy (non-hydrogen) atoms. The Labute approximate surface area is 187 Å². The van der Waals surface area contributed by atoms with Crippen molar-refractivity contribution in [2.24, 2.45) is 4.99 Å². The van der Waals surface area contributed by atoms with Gasteiger partial charge in [0, 0.05) is 32.7 Å². The molecule has 0 spiro atoms. The van der Waals surface area contributed by atoms with Crippen LogP contribution in [0.25, 0.3) is 0 Å². The second-order valence-corrected chi connectivity index (χ2v) is 7.92. The van der Waals surface area contributed by atoms with E-state index in [1.807, 2.05) is 14.0 Å². The maximum Gasteiger partial charge on any atom is 0.191 e. The third-order valence-electron chi connectivity index (χ3n) is 5.83. The zero-order chi connectivity index (χ0) is 19.1. The summed E-state index contributed by atoms with van der Waals surface area (Å²) in [5.74, 6) is 2.96. The van der Waals surface area contributed by atoms with Gasteiger partial charge < -0.3 is 20.0 Å². The second kappa shape index (κ2) is 12.0. The Balaban J connectivity index is 0.00000280. The van der Waals surface area contributed by atoms with Crippen LogP contribution in [0, 0.1) is 6.92 Å². The number of guanidine groups is 1. The topological polar surface area (TPSA) is 56.0 Å². The molecule has 3 rings (SSSR count). The molecule has 0 bridgehead atoms. The molecular weight excluding hydrogens is 465 g/mol. The molecule has 0 amide bonds. The highest BCUT2D eigenvalue weighted by molar-refractivity contribution is 14.0. The molecule has 1 atom stereocenters. The number of aryl methyl sites for hydroxylation is 1. The number of hydrogen-bond donors (Lipinski definition) is 2. The molecule has 0 aliphatic carbocycles. The third kappa shape index (κ3) is 6.62. The molecule has 3 heterocycles. The van der Waals surface area contributed by atoms with Crippen LogP contribution in [0.2, 0.25) is 0 Å². The Kier molecular flexibility index (Phi) is 10.1. The van der Waals surface area contributed by atoms with E-state index in [4.69, 9.17) is 4.42 Å². The van der Waals surface area contributed by atoms with Crippen molar-refractivity contribution in [3.8, 4) is 0 Å². The summed E-state index contributed by atoms with van der Waals surface area (Å²) in [7, 11) is 1.86. The number of piperidine rings is 1. The summed E-state index contributed by atoms with van der Waals surface area (Å²) in [5.41, 5.74) is 0. The van der Waals surface area contributed by atoms with Crippen LogP contribution in [0.1, 0.15) is 56.6 Å². The minimum Gasteiger partial charge on any atom is -0.465 e. The predicted molar refractivity (Wildman–Crippen MR) is 127 cm³/mol. The minimum atomic E-state index is 0. The van der Waals surface area contributed by atoms with Crippen LogP contribution in [-0.2, 0) is 0 Å². The number of hydrogen-bond acceptors (Lipinski definition) is 4. The van der Waals surface area contributed by atoms with E-state index in [1.54, 1.807) is 0 Å². The van der Waals surface area contributed by atoms with E-state index >= 15 is 0 Å². The molecule has 1 aromatic rings. The Bertz CT molecular complexity index is 591. The number of furan rings is 1. The molecule has 1 aromatic heterocycles. The van der Waals surface area contributed by atoms with Crippen LogP contribution in [0.15, 0.2) is 21.5 Å². The fourth-order valence-corrected chi connectivity index (χ4v) is 4.29. The smallest absolute Gasteiger partial charge is 0.191 e. The summed E-state index contributed by atoms with van der Waals surface area (Å²) in [4.78, 5) is 9.56. The molecule has 1 unspecified atom stereocenters. The fourth-order valence-electron chi connectivity index (χ4n) is 4.29. The van der Waals surface area contributed by atoms with Crippen LogP contribution in [0.4, 0.5) is 0 Å². The van der Waals surface area contributed by atoms with Gasteiger partial charge in [0.25, 0.3) is 0 Å². The van der Waals surface area contributed by atoms with E-state index in [2.05, 4.69) is 44.5 Å². The quantitative estimate of drug-likeness (QED) is 0.340. The number of rotatable bonds is 7. The predicted octanol–water partition coefficient (Wildman–Crippen LogP) is 3.38. The van der Waals surface area contributed by atoms with E-state index in [0.717, 1.165) is 37.1 Å². The van der Waals surface area contributed by atoms with Gasteiger partial charge in [0.2, 0.25) is 0 Å². The lowest BCUT2D eigenvalue weighted by Crippen LogP contribution is -2.50. The SMILES string of the molecule is CCCN1CCC(NC(=NC)NCC(c2ccc(C)o2)N2CCCC2)CC1.I. The summed E-state index contributed by atoms with van der Waals surface area (Å²) in [6.07, 6.45) is 6.17. The lowest BCUT2D eigenvalue weighted by molar-refractivity contribution is 0.204. The molecule has 2 aliphatic rings. The van der Waals surface area contributed by atoms with Crippen LogP contribution >= 0.6 is 24.0 Å². The second-order valence-electron chi connectivity index (χ2n) is 7.92. The Morgan fingerprint density at radius 3 is 2.50 bits per heavy atom. The highest BCUT2D eigenvalue weighted by Gasteiger charge is 2.26. The van der Waals surface area contributed by atoms with Gasteiger partial charge in [-0.05, 0) is 70.8 Å². The normalized spacial score (nSPS) is 20.8. The first-order valence-electron chi connectivity index (χ1n) is 10.7. The average molecular weight is 503 g/mol. The number of aliphatic imine (C=N–C) groups is 1. The molecule has 2 saturated heterocycles. The van der Waals surface area contributed by atoms with Gasteiger partial charge in [0.15, 0.2) is 5.96 Å². The number of halogens is 1. The van der Waals surface area contributed by atoms with Crippen molar-refractivity contribution in [3.05, 3.63) is 23.7 Å². The van der Waals surface area contributed by atoms with Crippen LogP contribution < -0.4 is 10.6 Å². The maximum atomic E-state index is 5.96. The van der Waals surface area contributed by atoms with E-state index in [0.29, 0.717) is 6.04 Å². The Morgan fingerprint density at radius 1 is 1.21 bits per heavy atom. The number of nitrogens with one attached hydrogen (secondary N) is 2. The Morgan fingerprint density at radius 2 is 1.93 bits per heavy atom. The average Bonchev–Trinajstić information content (AvgIpc) is 3.35. The van der Waals surface area contributed by atoms with Gasteiger partial charge in [-0.25, -0.2) is 0 Å². The summed E-state index contributed by atoms with van der Waals surface area (Å²) < 4.78 is 5.96. The Hall–Kier alpha value is -0.800. The summed E-state index contributed by atoms with van der Waals surface area (Å²) >= 11 is 0. The molecule has 6 nitrogen and oxygen atoms in total. The van der Waals surface area contributed by atoms with Crippen molar-refractivity contribution >= 4 is 29.9 Å². The van der Waals surface area contributed by atoms with E-state index in [9.17, 15) is 0 Å². The summed E-state index contributed by atoms with van der Waals surface area (Å²) in [6, 6.07) is 4.97. The standard InChI is InChI=1S/C21H37N5O.HI/c1-4-11-25-14-9-18(10-15-25)24-21(22-3)23-16-19(26-12-5-6-13-26)20-8-7-17(2)27-20;/h7-8,18-19H,4-6,9-16H2,1-3H3,(H2,22,23,24);1H.